The number of H-pyrrole nitrogens is 1. The van der Waals surface area contributed by atoms with Gasteiger partial charge in [0.1, 0.15) is 5.82 Å². The Morgan fingerprint density at radius 3 is 2.86 bits per heavy atom. The summed E-state index contributed by atoms with van der Waals surface area (Å²) in [7, 11) is 0. The van der Waals surface area contributed by atoms with Crippen LogP contribution in [0.1, 0.15) is 12.5 Å². The molecule has 1 aliphatic heterocycles. The Morgan fingerprint density at radius 1 is 1.41 bits per heavy atom. The third-order valence-electron chi connectivity index (χ3n) is 4.04. The second-order valence-electron chi connectivity index (χ2n) is 6.17. The zero-order valence-electron chi connectivity index (χ0n) is 12.2. The number of rotatable bonds is 3. The molecule has 0 aliphatic carbocycles. The molecule has 22 heavy (non-hydrogen) atoms. The normalized spacial score (nSPS) is 16.8. The third kappa shape index (κ3) is 2.05. The third-order valence-corrected chi connectivity index (χ3v) is 5.34. The lowest BCUT2D eigenvalue weighted by Crippen LogP contribution is -2.41. The summed E-state index contributed by atoms with van der Waals surface area (Å²) >= 11 is 1.64. The van der Waals surface area contributed by atoms with Crippen LogP contribution in [0.4, 0.5) is 11.5 Å². The molecule has 1 aliphatic rings. The van der Waals surface area contributed by atoms with Gasteiger partial charge in [-0.1, -0.05) is 6.92 Å². The van der Waals surface area contributed by atoms with Gasteiger partial charge in [0.05, 0.1) is 39.7 Å². The lowest BCUT2D eigenvalue weighted by molar-refractivity contribution is -0.100. The first-order valence-electron chi connectivity index (χ1n) is 7.11. The van der Waals surface area contributed by atoms with E-state index in [2.05, 4.69) is 22.1 Å². The molecule has 1 fully saturated rings. The Morgan fingerprint density at radius 2 is 2.23 bits per heavy atom. The van der Waals surface area contributed by atoms with E-state index < -0.39 is 0 Å². The number of aromatic nitrogens is 3. The summed E-state index contributed by atoms with van der Waals surface area (Å²) in [5.74, 6) is 0.454. The fraction of sp³-hybridized carbons (Fsp3) is 0.333. The molecule has 0 radical (unpaired) electrons. The lowest BCUT2D eigenvalue weighted by atomic mass is 9.81. The molecule has 0 spiro atoms. The minimum atomic E-state index is 0.143. The van der Waals surface area contributed by atoms with Crippen molar-refractivity contribution in [2.45, 2.75) is 13.3 Å². The van der Waals surface area contributed by atoms with Crippen molar-refractivity contribution in [2.75, 3.05) is 24.7 Å². The first kappa shape index (κ1) is 13.5. The molecule has 0 bridgehead atoms. The van der Waals surface area contributed by atoms with Crippen molar-refractivity contribution in [2.24, 2.45) is 5.41 Å². The number of nitrogens with one attached hydrogen (secondary N) is 1. The van der Waals surface area contributed by atoms with Crippen LogP contribution in [0.15, 0.2) is 18.3 Å². The summed E-state index contributed by atoms with van der Waals surface area (Å²) in [5.41, 5.74) is 15.9. The first-order chi connectivity index (χ1) is 10.6. The highest BCUT2D eigenvalue weighted by Gasteiger charge is 2.36. The van der Waals surface area contributed by atoms with Crippen molar-refractivity contribution in [3.63, 3.8) is 0 Å². The fourth-order valence-electron chi connectivity index (χ4n) is 2.90. The second-order valence-corrected chi connectivity index (χ2v) is 7.19. The smallest absolute Gasteiger partial charge is 0.126 e. The summed E-state index contributed by atoms with van der Waals surface area (Å²) in [6.07, 6.45) is 2.64. The molecule has 0 saturated carbocycles. The molecule has 114 valence electrons. The molecule has 3 aromatic rings. The molecule has 3 aromatic heterocycles. The van der Waals surface area contributed by atoms with Crippen LogP contribution >= 0.6 is 11.3 Å². The number of fused-ring (bicyclic) bond motifs is 1. The SMILES string of the molecule is CC1(Cc2c(-c3ccn[nH]3)sc3c(N)cc(N)nc23)COC1. The minimum Gasteiger partial charge on any atom is -0.397 e. The van der Waals surface area contributed by atoms with Gasteiger partial charge in [-0.05, 0) is 18.1 Å². The van der Waals surface area contributed by atoms with E-state index in [0.29, 0.717) is 11.5 Å². The predicted molar refractivity (Wildman–Crippen MR) is 88.7 cm³/mol. The number of ether oxygens (including phenoxy) is 1. The number of nitrogen functional groups attached to an aromatic ring is 2. The number of pyridine rings is 1. The van der Waals surface area contributed by atoms with Gasteiger partial charge in [-0.15, -0.1) is 11.3 Å². The van der Waals surface area contributed by atoms with Crippen molar-refractivity contribution in [1.29, 1.82) is 0 Å². The first-order valence-corrected chi connectivity index (χ1v) is 7.92. The Bertz CT molecular complexity index is 835. The van der Waals surface area contributed by atoms with Gasteiger partial charge < -0.3 is 16.2 Å². The summed E-state index contributed by atoms with van der Waals surface area (Å²) in [5, 5.41) is 7.10. The largest absolute Gasteiger partial charge is 0.397 e. The van der Waals surface area contributed by atoms with E-state index >= 15 is 0 Å². The molecule has 6 nitrogen and oxygen atoms in total. The van der Waals surface area contributed by atoms with Crippen molar-refractivity contribution in [3.8, 4) is 10.6 Å². The van der Waals surface area contributed by atoms with E-state index in [0.717, 1.165) is 40.4 Å². The van der Waals surface area contributed by atoms with Gasteiger partial charge in [0, 0.05) is 17.7 Å². The van der Waals surface area contributed by atoms with Gasteiger partial charge >= 0.3 is 0 Å². The van der Waals surface area contributed by atoms with E-state index in [9.17, 15) is 0 Å². The van der Waals surface area contributed by atoms with Crippen LogP contribution in [-0.2, 0) is 11.2 Å². The highest BCUT2D eigenvalue weighted by molar-refractivity contribution is 7.23. The molecule has 0 aromatic carbocycles. The van der Waals surface area contributed by atoms with Crippen molar-refractivity contribution in [3.05, 3.63) is 23.9 Å². The number of hydrogen-bond donors (Lipinski definition) is 3. The van der Waals surface area contributed by atoms with E-state index in [1.165, 1.54) is 5.56 Å². The van der Waals surface area contributed by atoms with Crippen LogP contribution in [0.25, 0.3) is 20.8 Å². The van der Waals surface area contributed by atoms with Crippen LogP contribution < -0.4 is 11.5 Å². The van der Waals surface area contributed by atoms with Gasteiger partial charge in [-0.3, -0.25) is 5.10 Å². The van der Waals surface area contributed by atoms with Crippen LogP contribution in [0.3, 0.4) is 0 Å². The van der Waals surface area contributed by atoms with Crippen molar-refractivity contribution < 1.29 is 4.74 Å². The fourth-order valence-corrected chi connectivity index (χ4v) is 4.06. The predicted octanol–water partition coefficient (Wildman–Crippen LogP) is 2.43. The van der Waals surface area contributed by atoms with E-state index in [-0.39, 0.29) is 5.41 Å². The molecule has 5 N–H and O–H groups in total. The molecule has 4 heterocycles. The number of hydrogen-bond acceptors (Lipinski definition) is 6. The maximum Gasteiger partial charge on any atom is 0.126 e. The van der Waals surface area contributed by atoms with Crippen LogP contribution in [0, 0.1) is 5.41 Å². The highest BCUT2D eigenvalue weighted by atomic mass is 32.1. The summed E-state index contributed by atoms with van der Waals surface area (Å²) in [4.78, 5) is 5.67. The maximum atomic E-state index is 6.14. The zero-order valence-corrected chi connectivity index (χ0v) is 13.0. The molecule has 0 atom stereocenters. The number of nitrogens with zero attached hydrogens (tertiary/aromatic N) is 2. The van der Waals surface area contributed by atoms with Gasteiger partial charge in [0.2, 0.25) is 0 Å². The van der Waals surface area contributed by atoms with Crippen LogP contribution in [0.5, 0.6) is 0 Å². The minimum absolute atomic E-state index is 0.143. The maximum absolute atomic E-state index is 6.14. The average Bonchev–Trinajstić information content (AvgIpc) is 3.05. The summed E-state index contributed by atoms with van der Waals surface area (Å²) < 4.78 is 6.37. The molecule has 7 heteroatoms. The lowest BCUT2D eigenvalue weighted by Gasteiger charge is -2.38. The Balaban J connectivity index is 1.95. The Hall–Kier alpha value is -2.12. The quantitative estimate of drug-likeness (QED) is 0.689. The molecule has 4 rings (SSSR count). The summed E-state index contributed by atoms with van der Waals surface area (Å²) in [6, 6.07) is 3.68. The van der Waals surface area contributed by atoms with Crippen LogP contribution in [-0.4, -0.2) is 28.4 Å². The molecule has 0 unspecified atom stereocenters. The van der Waals surface area contributed by atoms with Gasteiger partial charge in [0.15, 0.2) is 0 Å². The van der Waals surface area contributed by atoms with Gasteiger partial charge in [-0.2, -0.15) is 5.10 Å². The monoisotopic (exact) mass is 315 g/mol. The van der Waals surface area contributed by atoms with Crippen molar-refractivity contribution in [1.82, 2.24) is 15.2 Å². The average molecular weight is 315 g/mol. The standard InChI is InChI=1S/C15H17N5OS/c1-15(6-21-7-15)5-8-12-14(9(16)4-11(17)19-12)22-13(8)10-2-3-18-20-10/h2-4H,5-7H2,1H3,(H,18,20)(H4,16,17,19). The molecule has 1 saturated heterocycles. The molecular formula is C15H17N5OS. The number of thiophene rings is 1. The van der Waals surface area contributed by atoms with E-state index in [4.69, 9.17) is 16.2 Å². The number of aromatic amines is 1. The topological polar surface area (TPSA) is 103 Å². The number of nitrogens with two attached hydrogens (primary N) is 2. The zero-order chi connectivity index (χ0) is 15.3. The van der Waals surface area contributed by atoms with Gasteiger partial charge in [0.25, 0.3) is 0 Å². The Labute approximate surface area is 131 Å². The van der Waals surface area contributed by atoms with Crippen LogP contribution in [0.2, 0.25) is 0 Å². The Kier molecular flexibility index (Phi) is 2.88. The summed E-state index contributed by atoms with van der Waals surface area (Å²) in [6.45, 7) is 3.77. The highest BCUT2D eigenvalue weighted by Crippen LogP contribution is 2.44. The molecule has 0 amide bonds. The van der Waals surface area contributed by atoms with Gasteiger partial charge in [-0.25, -0.2) is 4.98 Å². The molecular weight excluding hydrogens is 298 g/mol. The number of anilines is 2. The van der Waals surface area contributed by atoms with E-state index in [1.54, 1.807) is 23.6 Å². The van der Waals surface area contributed by atoms with Crippen molar-refractivity contribution >= 4 is 33.1 Å². The second kappa shape index (κ2) is 4.69. The van der Waals surface area contributed by atoms with E-state index in [1.807, 2.05) is 6.07 Å².